The van der Waals surface area contributed by atoms with Crippen LogP contribution in [0.4, 0.5) is 0 Å². The second-order valence-corrected chi connectivity index (χ2v) is 15.2. The normalized spacial score (nSPS) is 11.6. The summed E-state index contributed by atoms with van der Waals surface area (Å²) in [5.74, 6) is -0.172. The van der Waals surface area contributed by atoms with Crippen LogP contribution in [0, 0.1) is 0 Å². The average molecular weight is 390 g/mol. The first kappa shape index (κ1) is 22.6. The first-order valence-corrected chi connectivity index (χ1v) is 13.9. The lowest BCUT2D eigenvalue weighted by Gasteiger charge is -2.07. The summed E-state index contributed by atoms with van der Waals surface area (Å²) in [7, 11) is 0. The highest BCUT2D eigenvalue weighted by molar-refractivity contribution is 7.64. The number of hydrogen-bond acceptors (Lipinski definition) is 2. The maximum atomic E-state index is 10.6. The molecule has 0 heterocycles. The highest BCUT2D eigenvalue weighted by atomic mass is 35.8. The summed E-state index contributed by atoms with van der Waals surface area (Å²) in [4.78, 5) is 10.6. The summed E-state index contributed by atoms with van der Waals surface area (Å²) in [6, 6.07) is -1.57. The molecule has 0 aliphatic rings. The van der Waals surface area contributed by atoms with Crippen molar-refractivity contribution in [3.8, 4) is 0 Å². The molecule has 0 N–H and O–H groups in total. The van der Waals surface area contributed by atoms with E-state index in [4.69, 9.17) is 38.0 Å². The van der Waals surface area contributed by atoms with Gasteiger partial charge in [-0.3, -0.25) is 4.79 Å². The van der Waals surface area contributed by atoms with E-state index >= 15 is 0 Å². The summed E-state index contributed by atoms with van der Waals surface area (Å²) in [5.41, 5.74) is 0. The molecule has 0 radical (unpaired) electrons. The lowest BCUT2D eigenvalue weighted by Crippen LogP contribution is -2.07. The van der Waals surface area contributed by atoms with E-state index in [0.29, 0.717) is 6.61 Å². The highest BCUT2D eigenvalue weighted by Crippen LogP contribution is 2.27. The largest absolute Gasteiger partial charge is 0.466 e. The smallest absolute Gasteiger partial charge is 0.341 e. The zero-order valence-corrected chi connectivity index (χ0v) is 17.1. The first-order valence-electron chi connectivity index (χ1n) is 8.62. The van der Waals surface area contributed by atoms with Crippen molar-refractivity contribution in [2.24, 2.45) is 0 Å². The molecule has 0 rings (SSSR count). The number of carbonyl (C=O) groups excluding carboxylic acids is 1. The summed E-state index contributed by atoms with van der Waals surface area (Å²) in [6.45, 7) is 2.04. The topological polar surface area (TPSA) is 26.3 Å². The number of halogens is 3. The van der Waals surface area contributed by atoms with Crippen molar-refractivity contribution >= 4 is 45.2 Å². The predicted octanol–water partition coefficient (Wildman–Crippen LogP) is 6.89. The average Bonchev–Trinajstić information content (AvgIpc) is 2.41. The molecule has 22 heavy (non-hydrogen) atoms. The molecule has 2 nitrogen and oxygen atoms in total. The zero-order chi connectivity index (χ0) is 16.7. The Hall–Kier alpha value is 0.557. The van der Waals surface area contributed by atoms with Crippen LogP contribution in [0.2, 0.25) is 6.04 Å². The molecule has 0 spiro atoms. The Morgan fingerprint density at radius 3 is 1.45 bits per heavy atom. The minimum atomic E-state index is -2.37. The van der Waals surface area contributed by atoms with Crippen molar-refractivity contribution in [3.63, 3.8) is 0 Å². The van der Waals surface area contributed by atoms with Crippen LogP contribution in [0.15, 0.2) is 0 Å². The van der Waals surface area contributed by atoms with Crippen LogP contribution in [0.1, 0.15) is 84.0 Å². The van der Waals surface area contributed by atoms with Gasteiger partial charge in [-0.1, -0.05) is 70.6 Å². The third-order valence-corrected chi connectivity index (χ3v) is 6.28. The van der Waals surface area contributed by atoms with E-state index in [1.807, 2.05) is 0 Å². The van der Waals surface area contributed by atoms with E-state index < -0.39 is 6.00 Å². The van der Waals surface area contributed by atoms with Crippen LogP contribution in [-0.4, -0.2) is 18.6 Å². The molecule has 0 aromatic rings. The summed E-state index contributed by atoms with van der Waals surface area (Å²) >= 11 is 17.5. The molecule has 0 atom stereocenters. The number of carbonyl (C=O) groups is 1. The number of hydrogen-bond donors (Lipinski definition) is 0. The van der Waals surface area contributed by atoms with Crippen LogP contribution in [-0.2, 0) is 9.53 Å². The Morgan fingerprint density at radius 2 is 1.09 bits per heavy atom. The molecule has 0 saturated carbocycles. The fourth-order valence-electron chi connectivity index (χ4n) is 2.41. The first-order chi connectivity index (χ1) is 10.4. The van der Waals surface area contributed by atoms with Crippen molar-refractivity contribution < 1.29 is 9.53 Å². The Morgan fingerprint density at radius 1 is 0.727 bits per heavy atom. The van der Waals surface area contributed by atoms with Crippen LogP contribution >= 0.6 is 33.2 Å². The van der Waals surface area contributed by atoms with Crippen LogP contribution in [0.3, 0.4) is 0 Å². The maximum Gasteiger partial charge on any atom is 0.341 e. The molecule has 0 aliphatic carbocycles. The molecular formula is C16H31Cl3O2Si. The van der Waals surface area contributed by atoms with Crippen molar-refractivity contribution in [2.75, 3.05) is 6.61 Å². The van der Waals surface area contributed by atoms with E-state index in [1.54, 1.807) is 0 Å². The van der Waals surface area contributed by atoms with Crippen molar-refractivity contribution in [1.82, 2.24) is 0 Å². The quantitative estimate of drug-likeness (QED) is 0.132. The van der Waals surface area contributed by atoms with Gasteiger partial charge in [-0.25, -0.2) is 0 Å². The molecule has 0 aromatic carbocycles. The van der Waals surface area contributed by atoms with Gasteiger partial charge < -0.3 is 4.74 Å². The van der Waals surface area contributed by atoms with E-state index in [0.717, 1.165) is 18.9 Å². The lowest BCUT2D eigenvalue weighted by molar-refractivity contribution is -0.141. The number of unbranched alkanes of at least 4 members (excludes halogenated alkanes) is 11. The molecule has 132 valence electrons. The van der Waals surface area contributed by atoms with Gasteiger partial charge in [-0.05, 0) is 12.5 Å². The van der Waals surface area contributed by atoms with Gasteiger partial charge in [0.15, 0.2) is 0 Å². The van der Waals surface area contributed by atoms with Crippen molar-refractivity contribution in [3.05, 3.63) is 0 Å². The SMILES string of the molecule is CC(=O)OCCCCCCCCCCCCCC[Si](Cl)(Cl)Cl. The van der Waals surface area contributed by atoms with Gasteiger partial charge in [-0.2, -0.15) is 0 Å². The van der Waals surface area contributed by atoms with Gasteiger partial charge in [0, 0.05) is 6.92 Å². The summed E-state index contributed by atoms with van der Waals surface area (Å²) in [5, 5.41) is 0. The van der Waals surface area contributed by atoms with Crippen LogP contribution in [0.5, 0.6) is 0 Å². The Bertz CT molecular complexity index is 271. The molecule has 0 bridgehead atoms. The minimum absolute atomic E-state index is 0.172. The van der Waals surface area contributed by atoms with Gasteiger partial charge in [0.25, 0.3) is 0 Å². The van der Waals surface area contributed by atoms with E-state index in [-0.39, 0.29) is 5.97 Å². The zero-order valence-electron chi connectivity index (χ0n) is 13.8. The third-order valence-electron chi connectivity index (χ3n) is 3.66. The third kappa shape index (κ3) is 20.6. The van der Waals surface area contributed by atoms with Crippen molar-refractivity contribution in [1.29, 1.82) is 0 Å². The molecule has 0 saturated heterocycles. The van der Waals surface area contributed by atoms with Crippen molar-refractivity contribution in [2.45, 2.75) is 90.0 Å². The fraction of sp³-hybridized carbons (Fsp3) is 0.938. The molecule has 0 aliphatic heterocycles. The molecule has 6 heteroatoms. The highest BCUT2D eigenvalue weighted by Gasteiger charge is 2.23. The number of ether oxygens (including phenoxy) is 1. The Labute approximate surface area is 151 Å². The Balaban J connectivity index is 3.04. The van der Waals surface area contributed by atoms with Gasteiger partial charge in [0.2, 0.25) is 0 Å². The van der Waals surface area contributed by atoms with E-state index in [9.17, 15) is 4.79 Å². The molecule has 0 unspecified atom stereocenters. The standard InChI is InChI=1S/C16H31Cl3O2Si/c1-16(20)21-14-12-10-8-6-4-2-3-5-7-9-11-13-15-22(17,18)19/h2-15H2,1H3. The second kappa shape index (κ2) is 15.1. The van der Waals surface area contributed by atoms with Gasteiger partial charge in [0.1, 0.15) is 0 Å². The predicted molar refractivity (Wildman–Crippen MR) is 100 cm³/mol. The second-order valence-electron chi connectivity index (χ2n) is 5.95. The fourth-order valence-corrected chi connectivity index (χ4v) is 4.26. The number of esters is 1. The van der Waals surface area contributed by atoms with Crippen LogP contribution in [0.25, 0.3) is 0 Å². The minimum Gasteiger partial charge on any atom is -0.466 e. The summed E-state index contributed by atoms with van der Waals surface area (Å²) in [6.07, 6.45) is 14.9. The van der Waals surface area contributed by atoms with Gasteiger partial charge in [-0.15, -0.1) is 33.2 Å². The monoisotopic (exact) mass is 388 g/mol. The Kier molecular flexibility index (Phi) is 15.5. The maximum absolute atomic E-state index is 10.6. The van der Waals surface area contributed by atoms with Gasteiger partial charge >= 0.3 is 12.0 Å². The molecule has 0 fully saturated rings. The molecular weight excluding hydrogens is 359 g/mol. The van der Waals surface area contributed by atoms with E-state index in [1.165, 1.54) is 71.1 Å². The lowest BCUT2D eigenvalue weighted by atomic mass is 10.1. The molecule has 0 aromatic heterocycles. The molecule has 0 amide bonds. The van der Waals surface area contributed by atoms with Gasteiger partial charge in [0.05, 0.1) is 6.61 Å². The van der Waals surface area contributed by atoms with Crippen LogP contribution < -0.4 is 0 Å². The number of rotatable bonds is 15. The van der Waals surface area contributed by atoms with E-state index in [2.05, 4.69) is 0 Å². The summed E-state index contributed by atoms with van der Waals surface area (Å²) < 4.78 is 4.90.